The highest BCUT2D eigenvalue weighted by atomic mass is 31.2. The van der Waals surface area contributed by atoms with Gasteiger partial charge in [0.2, 0.25) is 0 Å². The van der Waals surface area contributed by atoms with Gasteiger partial charge in [0.05, 0.1) is 34.4 Å². The van der Waals surface area contributed by atoms with E-state index in [-0.39, 0.29) is 32.2 Å². The largest absolute Gasteiger partial charge is 0.472 e. The van der Waals surface area contributed by atoms with Crippen LogP contribution in [0.1, 0.15) is 251 Å². The summed E-state index contributed by atoms with van der Waals surface area (Å²) >= 11 is 0. The minimum absolute atomic E-state index is 0.0789. The molecule has 0 saturated heterocycles. The molecule has 0 rings (SSSR count). The van der Waals surface area contributed by atoms with Crippen LogP contribution in [-0.4, -0.2) is 75.6 Å². The number of unbranched alkanes of at least 4 members (excludes halogenated alkanes) is 27. The number of likely N-dealkylation sites (N-methyl/N-ethyl adjacent to an activating group) is 1. The van der Waals surface area contributed by atoms with E-state index in [9.17, 15) is 14.3 Å². The van der Waals surface area contributed by atoms with Gasteiger partial charge in [-0.1, -0.05) is 259 Å². The highest BCUT2D eigenvalue weighted by molar-refractivity contribution is 7.47. The average Bonchev–Trinajstić information content (AvgIpc) is 3.34. The molecular weight excluding hydrogens is 914 g/mol. The van der Waals surface area contributed by atoms with Crippen LogP contribution in [0.15, 0.2) is 85.1 Å². The number of esters is 1. The maximum atomic E-state index is 12.8. The molecule has 0 heterocycles. The molecule has 0 bridgehead atoms. The van der Waals surface area contributed by atoms with Gasteiger partial charge in [0.15, 0.2) is 0 Å². The Labute approximate surface area is 445 Å². The van der Waals surface area contributed by atoms with Crippen molar-refractivity contribution >= 4 is 13.8 Å². The van der Waals surface area contributed by atoms with E-state index in [0.29, 0.717) is 17.6 Å². The van der Waals surface area contributed by atoms with Crippen molar-refractivity contribution in [2.24, 2.45) is 0 Å². The Balaban J connectivity index is 4.13. The molecule has 0 aromatic carbocycles. The molecule has 8 nitrogen and oxygen atoms in total. The van der Waals surface area contributed by atoms with Gasteiger partial charge < -0.3 is 18.9 Å². The third kappa shape index (κ3) is 58.6. The fourth-order valence-electron chi connectivity index (χ4n) is 8.18. The van der Waals surface area contributed by atoms with E-state index in [4.69, 9.17) is 18.5 Å². The molecule has 2 unspecified atom stereocenters. The Morgan fingerprint density at radius 3 is 1.19 bits per heavy atom. The van der Waals surface area contributed by atoms with Crippen molar-refractivity contribution in [3.05, 3.63) is 85.1 Å². The summed E-state index contributed by atoms with van der Waals surface area (Å²) in [4.78, 5) is 23.1. The number of quaternary nitrogens is 1. The zero-order valence-corrected chi connectivity index (χ0v) is 48.5. The van der Waals surface area contributed by atoms with Crippen LogP contribution >= 0.6 is 7.82 Å². The molecule has 0 aromatic rings. The number of carbonyl (C=O) groups excluding carboxylic acids is 1. The second kappa shape index (κ2) is 54.9. The van der Waals surface area contributed by atoms with E-state index in [1.54, 1.807) is 0 Å². The van der Waals surface area contributed by atoms with Crippen molar-refractivity contribution in [2.75, 3.05) is 54.1 Å². The minimum atomic E-state index is -4.30. The molecule has 72 heavy (non-hydrogen) atoms. The Morgan fingerprint density at radius 1 is 0.444 bits per heavy atom. The number of phosphoric acid groups is 1. The molecule has 1 N–H and O–H groups in total. The second-order valence-corrected chi connectivity index (χ2v) is 22.5. The van der Waals surface area contributed by atoms with Crippen LogP contribution < -0.4 is 0 Å². The molecule has 0 aliphatic heterocycles. The van der Waals surface area contributed by atoms with E-state index >= 15 is 0 Å². The van der Waals surface area contributed by atoms with Gasteiger partial charge in [-0.2, -0.15) is 0 Å². The fourth-order valence-corrected chi connectivity index (χ4v) is 8.92. The van der Waals surface area contributed by atoms with Crippen LogP contribution in [0.3, 0.4) is 0 Å². The third-order valence-electron chi connectivity index (χ3n) is 12.7. The fraction of sp³-hybridized carbons (Fsp3) is 0.762. The summed E-state index contributed by atoms with van der Waals surface area (Å²) in [5.74, 6) is -0.343. The number of carbonyl (C=O) groups is 1. The van der Waals surface area contributed by atoms with Crippen LogP contribution in [0, 0.1) is 0 Å². The van der Waals surface area contributed by atoms with Crippen molar-refractivity contribution in [1.82, 2.24) is 0 Å². The second-order valence-electron chi connectivity index (χ2n) is 21.0. The first-order chi connectivity index (χ1) is 35.1. The number of hydrogen-bond acceptors (Lipinski definition) is 6. The van der Waals surface area contributed by atoms with Crippen molar-refractivity contribution in [3.63, 3.8) is 0 Å². The number of rotatable bonds is 55. The molecule has 0 fully saturated rings. The average molecular weight is 1030 g/mol. The monoisotopic (exact) mass is 1030 g/mol. The predicted molar refractivity (Wildman–Crippen MR) is 311 cm³/mol. The SMILES string of the molecule is CC/C=C\C/C=C\C/C=C\C/C=C\C/C=C\C/C=C\C/C=C\CCCCCC(=O)OC(COCCCCCCCCCCCCCCCCCCCCCCCCCCC)COP(=O)(O)OCC[N+](C)(C)C. The number of ether oxygens (including phenoxy) is 2. The van der Waals surface area contributed by atoms with E-state index in [1.165, 1.54) is 148 Å². The maximum Gasteiger partial charge on any atom is 0.472 e. The minimum Gasteiger partial charge on any atom is -0.457 e. The Kier molecular flexibility index (Phi) is 53.2. The summed E-state index contributed by atoms with van der Waals surface area (Å²) in [6.07, 6.45) is 75.2. The van der Waals surface area contributed by atoms with Crippen LogP contribution in [0.5, 0.6) is 0 Å². The molecule has 9 heteroatoms. The number of hydrogen-bond donors (Lipinski definition) is 1. The lowest BCUT2D eigenvalue weighted by Gasteiger charge is -2.24. The predicted octanol–water partition coefficient (Wildman–Crippen LogP) is 19.1. The van der Waals surface area contributed by atoms with Gasteiger partial charge in [-0.25, -0.2) is 4.57 Å². The molecule has 0 spiro atoms. The van der Waals surface area contributed by atoms with Gasteiger partial charge in [0, 0.05) is 13.0 Å². The summed E-state index contributed by atoms with van der Waals surface area (Å²) < 4.78 is 35.2. The number of phosphoric ester groups is 1. The van der Waals surface area contributed by atoms with Gasteiger partial charge in [-0.15, -0.1) is 0 Å². The van der Waals surface area contributed by atoms with Crippen molar-refractivity contribution < 1.29 is 37.3 Å². The normalized spacial score (nSPS) is 14.0. The van der Waals surface area contributed by atoms with Gasteiger partial charge in [0.25, 0.3) is 0 Å². The molecule has 0 aliphatic carbocycles. The van der Waals surface area contributed by atoms with E-state index in [2.05, 4.69) is 98.9 Å². The van der Waals surface area contributed by atoms with Crippen LogP contribution in [0.25, 0.3) is 0 Å². The standard InChI is InChI=1S/C63H114NO7P/c1-6-8-10-12-14-16-18-20-22-24-26-28-30-32-34-36-38-40-42-44-46-48-50-52-54-56-63(65)71-62(61-70-72(66,67)69-59-57-64(3,4)5)60-68-58-55-53-51-49-47-45-43-41-39-37-35-33-31-29-27-25-23-21-19-17-15-13-11-9-7-2/h8,10,14,16,20,22,26,28,32,34,38,40,44,46,62H,6-7,9,11-13,15,17-19,21,23-25,27,29-31,33,35-37,39,41-43,45,47-61H2,1-5H3/p+1/b10-8-,16-14-,22-20-,28-26-,34-32-,40-38-,46-44-. The lowest BCUT2D eigenvalue weighted by atomic mass is 10.0. The summed E-state index contributed by atoms with van der Waals surface area (Å²) in [6, 6.07) is 0. The highest BCUT2D eigenvalue weighted by Crippen LogP contribution is 2.43. The molecule has 0 aromatic heterocycles. The Bertz CT molecular complexity index is 1430. The van der Waals surface area contributed by atoms with Crippen LogP contribution in [0.4, 0.5) is 0 Å². The molecule has 0 saturated carbocycles. The van der Waals surface area contributed by atoms with Crippen LogP contribution in [-0.2, 0) is 27.9 Å². The van der Waals surface area contributed by atoms with Crippen molar-refractivity contribution in [1.29, 1.82) is 0 Å². The summed E-state index contributed by atoms with van der Waals surface area (Å²) in [5.41, 5.74) is 0. The molecule has 418 valence electrons. The first kappa shape index (κ1) is 69.7. The van der Waals surface area contributed by atoms with Crippen molar-refractivity contribution in [2.45, 2.75) is 258 Å². The molecule has 0 aliphatic rings. The van der Waals surface area contributed by atoms with Crippen LogP contribution in [0.2, 0.25) is 0 Å². The molecular formula is C63H115NO7P+. The van der Waals surface area contributed by atoms with E-state index in [1.807, 2.05) is 21.1 Å². The number of allylic oxidation sites excluding steroid dienone is 14. The quantitative estimate of drug-likeness (QED) is 0.0213. The number of nitrogens with zero attached hydrogens (tertiary/aromatic N) is 1. The molecule has 0 amide bonds. The lowest BCUT2D eigenvalue weighted by molar-refractivity contribution is -0.870. The van der Waals surface area contributed by atoms with E-state index < -0.39 is 13.9 Å². The summed E-state index contributed by atoms with van der Waals surface area (Å²) in [7, 11) is 1.64. The summed E-state index contributed by atoms with van der Waals surface area (Å²) in [5, 5.41) is 0. The Morgan fingerprint density at radius 2 is 0.806 bits per heavy atom. The first-order valence-corrected chi connectivity index (χ1v) is 31.3. The van der Waals surface area contributed by atoms with Gasteiger partial charge >= 0.3 is 13.8 Å². The van der Waals surface area contributed by atoms with Crippen molar-refractivity contribution in [3.8, 4) is 0 Å². The molecule has 2 atom stereocenters. The molecule has 0 radical (unpaired) electrons. The van der Waals surface area contributed by atoms with Gasteiger partial charge in [-0.3, -0.25) is 13.8 Å². The third-order valence-corrected chi connectivity index (χ3v) is 13.7. The van der Waals surface area contributed by atoms with Gasteiger partial charge in [-0.05, 0) is 70.6 Å². The summed E-state index contributed by atoms with van der Waals surface area (Å²) in [6.45, 7) is 5.49. The Hall–Kier alpha value is -2.32. The van der Waals surface area contributed by atoms with E-state index in [0.717, 1.165) is 83.5 Å². The zero-order valence-electron chi connectivity index (χ0n) is 47.6. The lowest BCUT2D eigenvalue weighted by Crippen LogP contribution is -2.37. The first-order valence-electron chi connectivity index (χ1n) is 29.8. The smallest absolute Gasteiger partial charge is 0.457 e. The van der Waals surface area contributed by atoms with Gasteiger partial charge in [0.1, 0.15) is 19.3 Å². The highest BCUT2D eigenvalue weighted by Gasteiger charge is 2.26. The maximum absolute atomic E-state index is 12.8. The topological polar surface area (TPSA) is 91.3 Å². The zero-order chi connectivity index (χ0) is 52.6.